The molecule has 0 saturated heterocycles. The normalized spacial score (nSPS) is 12.9. The first-order valence-electron chi connectivity index (χ1n) is 10.9. The molecule has 3 rings (SSSR count). The van der Waals surface area contributed by atoms with Gasteiger partial charge in [0.2, 0.25) is 11.9 Å². The predicted octanol–water partition coefficient (Wildman–Crippen LogP) is 7.41. The Morgan fingerprint density at radius 2 is 1.49 bits per heavy atom. The van der Waals surface area contributed by atoms with Crippen LogP contribution in [0.25, 0.3) is 6.08 Å². The van der Waals surface area contributed by atoms with Crippen molar-refractivity contribution in [3.05, 3.63) is 101 Å². The van der Waals surface area contributed by atoms with E-state index in [-0.39, 0.29) is 11.3 Å². The average molecular weight is 519 g/mol. The molecule has 4 nitrogen and oxygen atoms in total. The van der Waals surface area contributed by atoms with E-state index in [1.165, 1.54) is 12.1 Å². The van der Waals surface area contributed by atoms with Gasteiger partial charge in [-0.1, -0.05) is 50.3 Å². The molecular formula is C27H19F6NO3. The van der Waals surface area contributed by atoms with Crippen LogP contribution in [0.1, 0.15) is 31.1 Å². The van der Waals surface area contributed by atoms with Crippen molar-refractivity contribution >= 4 is 12.0 Å². The van der Waals surface area contributed by atoms with Crippen molar-refractivity contribution in [2.24, 2.45) is 11.8 Å². The van der Waals surface area contributed by atoms with Gasteiger partial charge in [-0.2, -0.15) is 5.26 Å². The van der Waals surface area contributed by atoms with Crippen LogP contribution in [0.5, 0.6) is 11.5 Å². The van der Waals surface area contributed by atoms with Gasteiger partial charge in [0.25, 0.3) is 0 Å². The van der Waals surface area contributed by atoms with Gasteiger partial charge in [0.05, 0.1) is 11.5 Å². The molecule has 0 aliphatic rings. The van der Waals surface area contributed by atoms with Crippen LogP contribution < -0.4 is 4.74 Å². The van der Waals surface area contributed by atoms with Crippen LogP contribution in [0.3, 0.4) is 0 Å². The standard InChI is InChI=1S/C27H19F6NO3/c1-14(2)17(9-10-18-22(29)24(31)26(33)25(32)23(18)30)27(35)37-21(13-34)15-8-11-19(28)20(12-15)36-16-6-4-3-5-7-16/h3-12,14,17,21H,1-2H3. The number of ether oxygens (including phenoxy) is 2. The molecule has 0 saturated carbocycles. The molecule has 0 spiro atoms. The molecule has 10 heteroatoms. The average Bonchev–Trinajstić information content (AvgIpc) is 2.88. The van der Waals surface area contributed by atoms with Gasteiger partial charge in [0.1, 0.15) is 11.8 Å². The maximum atomic E-state index is 14.3. The number of rotatable bonds is 8. The SMILES string of the molecule is CC(C)C(C=Cc1c(F)c(F)c(F)c(F)c1F)C(=O)OC(C#N)c1ccc(F)c(Oc2ccccc2)c1. The highest BCUT2D eigenvalue weighted by molar-refractivity contribution is 5.77. The van der Waals surface area contributed by atoms with Gasteiger partial charge in [-0.3, -0.25) is 4.79 Å². The van der Waals surface area contributed by atoms with E-state index in [4.69, 9.17) is 9.47 Å². The van der Waals surface area contributed by atoms with Gasteiger partial charge in [0, 0.05) is 5.56 Å². The molecule has 3 aromatic carbocycles. The number of hydrogen-bond acceptors (Lipinski definition) is 4. The fourth-order valence-electron chi connectivity index (χ4n) is 3.28. The van der Waals surface area contributed by atoms with Crippen LogP contribution in [-0.4, -0.2) is 5.97 Å². The van der Waals surface area contributed by atoms with Gasteiger partial charge in [-0.05, 0) is 30.2 Å². The number of nitrogens with zero attached hydrogens (tertiary/aromatic N) is 1. The molecule has 0 heterocycles. The fraction of sp³-hybridized carbons (Fsp3) is 0.185. The second-order valence-corrected chi connectivity index (χ2v) is 8.16. The predicted molar refractivity (Wildman–Crippen MR) is 121 cm³/mol. The number of carbonyl (C=O) groups is 1. The zero-order valence-corrected chi connectivity index (χ0v) is 19.4. The van der Waals surface area contributed by atoms with Crippen molar-refractivity contribution in [1.82, 2.24) is 0 Å². The Morgan fingerprint density at radius 3 is 2.05 bits per heavy atom. The van der Waals surface area contributed by atoms with Crippen molar-refractivity contribution in [2.45, 2.75) is 20.0 Å². The summed E-state index contributed by atoms with van der Waals surface area (Å²) in [6.45, 7) is 3.08. The lowest BCUT2D eigenvalue weighted by molar-refractivity contribution is -0.151. The number of para-hydroxylation sites is 1. The Morgan fingerprint density at radius 1 is 0.892 bits per heavy atom. The minimum Gasteiger partial charge on any atom is -0.454 e. The smallest absolute Gasteiger partial charge is 0.314 e. The van der Waals surface area contributed by atoms with E-state index in [2.05, 4.69) is 0 Å². The van der Waals surface area contributed by atoms with Crippen LogP contribution in [0.15, 0.2) is 54.6 Å². The highest BCUT2D eigenvalue weighted by atomic mass is 19.2. The van der Waals surface area contributed by atoms with Gasteiger partial charge < -0.3 is 9.47 Å². The van der Waals surface area contributed by atoms with Gasteiger partial charge >= 0.3 is 5.97 Å². The second-order valence-electron chi connectivity index (χ2n) is 8.16. The molecule has 0 N–H and O–H groups in total. The number of nitriles is 1. The number of benzene rings is 3. The highest BCUT2D eigenvalue weighted by Gasteiger charge is 2.28. The molecule has 37 heavy (non-hydrogen) atoms. The summed E-state index contributed by atoms with van der Waals surface area (Å²) in [6.07, 6.45) is -0.00300. The van der Waals surface area contributed by atoms with E-state index in [1.54, 1.807) is 50.2 Å². The summed E-state index contributed by atoms with van der Waals surface area (Å²) in [6, 6.07) is 13.4. The summed E-state index contributed by atoms with van der Waals surface area (Å²) in [5.74, 6) is -14.1. The monoisotopic (exact) mass is 519 g/mol. The third-order valence-corrected chi connectivity index (χ3v) is 5.28. The van der Waals surface area contributed by atoms with E-state index >= 15 is 0 Å². The maximum Gasteiger partial charge on any atom is 0.314 e. The zero-order chi connectivity index (χ0) is 27.3. The van der Waals surface area contributed by atoms with Crippen LogP contribution in [0.2, 0.25) is 0 Å². The Balaban J connectivity index is 1.85. The molecule has 192 valence electrons. The van der Waals surface area contributed by atoms with Crippen molar-refractivity contribution in [3.8, 4) is 17.6 Å². The number of carbonyl (C=O) groups excluding carboxylic acids is 1. The molecule has 0 fully saturated rings. The fourth-order valence-corrected chi connectivity index (χ4v) is 3.28. The third kappa shape index (κ3) is 6.12. The van der Waals surface area contributed by atoms with Crippen LogP contribution >= 0.6 is 0 Å². The summed E-state index contributed by atoms with van der Waals surface area (Å²) < 4.78 is 93.2. The molecule has 0 aromatic heterocycles. The first kappa shape index (κ1) is 27.3. The molecule has 2 atom stereocenters. The summed E-state index contributed by atoms with van der Waals surface area (Å²) in [5, 5.41) is 9.57. The van der Waals surface area contributed by atoms with Crippen molar-refractivity contribution < 1.29 is 40.6 Å². The largest absolute Gasteiger partial charge is 0.454 e. The lowest BCUT2D eigenvalue weighted by atomic mass is 9.94. The summed E-state index contributed by atoms with van der Waals surface area (Å²) in [5.41, 5.74) is -1.15. The lowest BCUT2D eigenvalue weighted by Crippen LogP contribution is -2.22. The highest BCUT2D eigenvalue weighted by Crippen LogP contribution is 2.30. The first-order valence-corrected chi connectivity index (χ1v) is 10.9. The van der Waals surface area contributed by atoms with Gasteiger partial charge in [0.15, 0.2) is 34.8 Å². The van der Waals surface area contributed by atoms with Crippen molar-refractivity contribution in [3.63, 3.8) is 0 Å². The van der Waals surface area contributed by atoms with E-state index in [0.29, 0.717) is 11.8 Å². The molecule has 3 aromatic rings. The summed E-state index contributed by atoms with van der Waals surface area (Å²) >= 11 is 0. The maximum absolute atomic E-state index is 14.3. The lowest BCUT2D eigenvalue weighted by Gasteiger charge is -2.19. The van der Waals surface area contributed by atoms with E-state index < -0.39 is 64.4 Å². The topological polar surface area (TPSA) is 59.3 Å². The molecular weight excluding hydrogens is 500 g/mol. The minimum atomic E-state index is -2.31. The number of esters is 1. The Labute approximate surface area is 208 Å². The van der Waals surface area contributed by atoms with E-state index in [0.717, 1.165) is 12.1 Å². The van der Waals surface area contributed by atoms with Crippen LogP contribution in [-0.2, 0) is 9.53 Å². The molecule has 2 unspecified atom stereocenters. The van der Waals surface area contributed by atoms with Gasteiger partial charge in [-0.15, -0.1) is 0 Å². The van der Waals surface area contributed by atoms with E-state index in [1.807, 2.05) is 0 Å². The molecule has 0 bridgehead atoms. The summed E-state index contributed by atoms with van der Waals surface area (Å²) in [4.78, 5) is 12.8. The second kappa shape index (κ2) is 11.6. The Bertz CT molecular complexity index is 1340. The molecule has 0 aliphatic carbocycles. The number of halogens is 6. The first-order chi connectivity index (χ1) is 17.5. The summed E-state index contributed by atoms with van der Waals surface area (Å²) in [7, 11) is 0. The van der Waals surface area contributed by atoms with Gasteiger partial charge in [-0.25, -0.2) is 26.3 Å². The third-order valence-electron chi connectivity index (χ3n) is 5.28. The molecule has 0 radical (unpaired) electrons. The zero-order valence-electron chi connectivity index (χ0n) is 19.4. The van der Waals surface area contributed by atoms with Crippen molar-refractivity contribution in [2.75, 3.05) is 0 Å². The Hall–Kier alpha value is -4.26. The number of hydrogen-bond donors (Lipinski definition) is 0. The molecule has 0 aliphatic heterocycles. The quantitative estimate of drug-likeness (QED) is 0.135. The van der Waals surface area contributed by atoms with Crippen LogP contribution in [0.4, 0.5) is 26.3 Å². The molecule has 0 amide bonds. The minimum absolute atomic E-state index is 0.0782. The van der Waals surface area contributed by atoms with Crippen molar-refractivity contribution in [1.29, 1.82) is 5.26 Å². The van der Waals surface area contributed by atoms with Crippen LogP contribution in [0, 0.1) is 58.1 Å². The van der Waals surface area contributed by atoms with E-state index in [9.17, 15) is 36.4 Å². The Kier molecular flexibility index (Phi) is 8.60.